The summed E-state index contributed by atoms with van der Waals surface area (Å²) in [6.07, 6.45) is 11.6. The van der Waals surface area contributed by atoms with Crippen molar-refractivity contribution in [3.8, 4) is 0 Å². The normalized spacial score (nSPS) is 14.1. The van der Waals surface area contributed by atoms with Crippen LogP contribution < -0.4 is 29.6 Å². The maximum Gasteiger partial charge on any atom is 1.00 e. The van der Waals surface area contributed by atoms with Crippen LogP contribution in [-0.2, 0) is 19.6 Å². The van der Waals surface area contributed by atoms with Crippen LogP contribution in [0, 0.1) is 0 Å². The molecule has 0 aromatic rings. The van der Waals surface area contributed by atoms with Crippen molar-refractivity contribution in [1.82, 2.24) is 0 Å². The van der Waals surface area contributed by atoms with Gasteiger partial charge in [-0.05, 0) is 38.5 Å². The van der Waals surface area contributed by atoms with Gasteiger partial charge in [-0.25, -0.2) is 8.42 Å². The third kappa shape index (κ3) is 13.9. The van der Waals surface area contributed by atoms with Crippen LogP contribution in [0.3, 0.4) is 0 Å². The van der Waals surface area contributed by atoms with Gasteiger partial charge in [0.15, 0.2) is 0 Å². The molecule has 0 rings (SSSR count). The molecule has 0 N–H and O–H groups in total. The summed E-state index contributed by atoms with van der Waals surface area (Å²) in [6, 6.07) is 0. The number of hydrogen-bond donors (Lipinski definition) is 0. The third-order valence-corrected chi connectivity index (χ3v) is 5.41. The number of ether oxygens (including phenoxy) is 1. The van der Waals surface area contributed by atoms with Crippen molar-refractivity contribution < 1.29 is 52.1 Å². The minimum Gasteiger partial charge on any atom is -0.748 e. The van der Waals surface area contributed by atoms with E-state index >= 15 is 0 Å². The van der Waals surface area contributed by atoms with E-state index in [0.29, 0.717) is 6.42 Å². The van der Waals surface area contributed by atoms with Gasteiger partial charge in [-0.1, -0.05) is 52.2 Å². The number of allylic oxidation sites excluding steroid dienone is 2. The Bertz CT molecular complexity index is 462. The molecule has 0 radical (unpaired) electrons. The smallest absolute Gasteiger partial charge is 0.748 e. The number of carbonyl (C=O) groups is 1. The molecule has 0 heterocycles. The minimum absolute atomic E-state index is 0. The molecule has 0 amide bonds. The summed E-state index contributed by atoms with van der Waals surface area (Å²) in [4.78, 5) is 11.8. The SMILES string of the molecule is CC/C=C/CCCCCCCC(=O)OC(CC)C(CC)S(=O)(=O)[O-].[Na+]. The zero-order chi connectivity index (χ0) is 18.4. The average Bonchev–Trinajstić information content (AvgIpc) is 2.51. The van der Waals surface area contributed by atoms with Crippen molar-refractivity contribution in [3.63, 3.8) is 0 Å². The van der Waals surface area contributed by atoms with Crippen molar-refractivity contribution in [2.45, 2.75) is 96.3 Å². The first kappa shape index (κ1) is 27.3. The molecule has 0 bridgehead atoms. The van der Waals surface area contributed by atoms with Crippen LogP contribution in [0.1, 0.15) is 85.0 Å². The standard InChI is InChI=1S/C18H34O5S.Na/c1-4-7-8-9-10-11-12-13-14-15-18(19)23-16(5-2)17(6-3)24(20,21)22;/h7-8,16-17H,4-6,9-15H2,1-3H3,(H,20,21,22);/q;+1/p-1/b8-7+;. The van der Waals surface area contributed by atoms with E-state index < -0.39 is 27.4 Å². The second kappa shape index (κ2) is 16.3. The molecule has 0 aliphatic rings. The first-order valence-corrected chi connectivity index (χ1v) is 10.6. The molecule has 0 aliphatic heterocycles. The molecule has 25 heavy (non-hydrogen) atoms. The third-order valence-electron chi connectivity index (χ3n) is 4.03. The fourth-order valence-corrected chi connectivity index (χ4v) is 3.68. The summed E-state index contributed by atoms with van der Waals surface area (Å²) < 4.78 is 38.9. The number of unbranched alkanes of at least 4 members (excludes halogenated alkanes) is 5. The molecule has 0 aromatic carbocycles. The van der Waals surface area contributed by atoms with Crippen molar-refractivity contribution >= 4 is 16.1 Å². The molecule has 2 atom stereocenters. The topological polar surface area (TPSA) is 83.5 Å². The molecule has 5 nitrogen and oxygen atoms in total. The Labute approximate surface area is 176 Å². The molecule has 2 unspecified atom stereocenters. The van der Waals surface area contributed by atoms with Gasteiger partial charge in [0.25, 0.3) is 0 Å². The van der Waals surface area contributed by atoms with Gasteiger partial charge in [0.05, 0.1) is 5.25 Å². The predicted molar refractivity (Wildman–Crippen MR) is 95.7 cm³/mol. The maximum absolute atomic E-state index is 11.8. The average molecular weight is 385 g/mol. The molecule has 0 spiro atoms. The zero-order valence-electron chi connectivity index (χ0n) is 16.3. The fourth-order valence-electron chi connectivity index (χ4n) is 2.65. The van der Waals surface area contributed by atoms with Crippen LogP contribution in [0.15, 0.2) is 12.2 Å². The van der Waals surface area contributed by atoms with E-state index in [1.54, 1.807) is 13.8 Å². The quantitative estimate of drug-likeness (QED) is 0.148. The Morgan fingerprint density at radius 2 is 1.60 bits per heavy atom. The summed E-state index contributed by atoms with van der Waals surface area (Å²) in [5.41, 5.74) is 0. The summed E-state index contributed by atoms with van der Waals surface area (Å²) >= 11 is 0. The van der Waals surface area contributed by atoms with Gasteiger partial charge < -0.3 is 9.29 Å². The van der Waals surface area contributed by atoms with Gasteiger partial charge >= 0.3 is 35.5 Å². The first-order valence-electron chi connectivity index (χ1n) is 9.15. The number of rotatable bonds is 14. The summed E-state index contributed by atoms with van der Waals surface area (Å²) in [5.74, 6) is -0.408. The van der Waals surface area contributed by atoms with Crippen LogP contribution in [0.25, 0.3) is 0 Å². The van der Waals surface area contributed by atoms with Gasteiger partial charge in [-0.15, -0.1) is 0 Å². The molecule has 0 saturated carbocycles. The Balaban J connectivity index is 0. The Hall–Kier alpha value is 0.120. The van der Waals surface area contributed by atoms with E-state index in [0.717, 1.165) is 38.5 Å². The number of hydrogen-bond acceptors (Lipinski definition) is 5. The summed E-state index contributed by atoms with van der Waals surface area (Å²) in [5, 5.41) is -1.15. The van der Waals surface area contributed by atoms with E-state index in [9.17, 15) is 17.8 Å². The van der Waals surface area contributed by atoms with E-state index in [1.807, 2.05) is 0 Å². The van der Waals surface area contributed by atoms with E-state index in [-0.39, 0.29) is 42.4 Å². The summed E-state index contributed by atoms with van der Waals surface area (Å²) in [6.45, 7) is 5.46. The number of carbonyl (C=O) groups excluding carboxylic acids is 1. The van der Waals surface area contributed by atoms with Gasteiger partial charge in [-0.3, -0.25) is 4.79 Å². The Morgan fingerprint density at radius 3 is 2.12 bits per heavy atom. The maximum atomic E-state index is 11.8. The molecule has 0 saturated heterocycles. The Morgan fingerprint density at radius 1 is 1.00 bits per heavy atom. The second-order valence-electron chi connectivity index (χ2n) is 6.06. The van der Waals surface area contributed by atoms with Gasteiger partial charge in [0.2, 0.25) is 0 Å². The van der Waals surface area contributed by atoms with Crippen LogP contribution in [0.5, 0.6) is 0 Å². The fraction of sp³-hybridized carbons (Fsp3) is 0.833. The number of esters is 1. The van der Waals surface area contributed by atoms with Crippen LogP contribution >= 0.6 is 0 Å². The van der Waals surface area contributed by atoms with Crippen molar-refractivity contribution in [1.29, 1.82) is 0 Å². The van der Waals surface area contributed by atoms with E-state index in [4.69, 9.17) is 4.74 Å². The van der Waals surface area contributed by atoms with Crippen LogP contribution in [0.2, 0.25) is 0 Å². The largest absolute Gasteiger partial charge is 1.00 e. The molecule has 0 aromatic heterocycles. The van der Waals surface area contributed by atoms with Gasteiger partial charge in [0.1, 0.15) is 16.2 Å². The minimum atomic E-state index is -4.45. The van der Waals surface area contributed by atoms with Crippen molar-refractivity contribution in [2.24, 2.45) is 0 Å². The van der Waals surface area contributed by atoms with Crippen molar-refractivity contribution in [2.75, 3.05) is 0 Å². The predicted octanol–water partition coefficient (Wildman–Crippen LogP) is 1.33. The Kier molecular flexibility index (Phi) is 17.8. The van der Waals surface area contributed by atoms with Crippen LogP contribution in [-0.4, -0.2) is 30.3 Å². The molecule has 0 fully saturated rings. The van der Waals surface area contributed by atoms with Gasteiger partial charge in [0, 0.05) is 6.42 Å². The molecule has 0 aliphatic carbocycles. The summed E-state index contributed by atoms with van der Waals surface area (Å²) in [7, 11) is -4.45. The van der Waals surface area contributed by atoms with Crippen LogP contribution in [0.4, 0.5) is 0 Å². The van der Waals surface area contributed by atoms with Gasteiger partial charge in [-0.2, -0.15) is 0 Å². The first-order chi connectivity index (χ1) is 11.4. The van der Waals surface area contributed by atoms with E-state index in [1.165, 1.54) is 6.42 Å². The second-order valence-corrected chi connectivity index (χ2v) is 7.65. The molecule has 142 valence electrons. The zero-order valence-corrected chi connectivity index (χ0v) is 19.1. The monoisotopic (exact) mass is 384 g/mol. The van der Waals surface area contributed by atoms with Crippen molar-refractivity contribution in [3.05, 3.63) is 12.2 Å². The molecule has 7 heteroatoms. The molecular weight excluding hydrogens is 351 g/mol. The molecular formula is C18H33NaO5S. The van der Waals surface area contributed by atoms with E-state index in [2.05, 4.69) is 19.1 Å².